The van der Waals surface area contributed by atoms with Crippen molar-refractivity contribution < 1.29 is 13.2 Å². The van der Waals surface area contributed by atoms with Gasteiger partial charge in [-0.3, -0.25) is 14.6 Å². The minimum absolute atomic E-state index is 0.0677. The lowest BCUT2D eigenvalue weighted by Gasteiger charge is -2.37. The molecule has 2 aliphatic heterocycles. The molecule has 1 amide bonds. The van der Waals surface area contributed by atoms with Gasteiger partial charge in [0.25, 0.3) is 0 Å². The van der Waals surface area contributed by atoms with E-state index in [9.17, 15) is 13.2 Å². The molecular formula is C22H30N4O3S2. The molecule has 2 fully saturated rings. The Morgan fingerprint density at radius 2 is 1.71 bits per heavy atom. The zero-order chi connectivity index (χ0) is 21.8. The van der Waals surface area contributed by atoms with Crippen LogP contribution in [0, 0.1) is 0 Å². The van der Waals surface area contributed by atoms with Gasteiger partial charge in [0.15, 0.2) is 0 Å². The third-order valence-corrected chi connectivity index (χ3v) is 8.89. The molecule has 168 valence electrons. The lowest BCUT2D eigenvalue weighted by Crippen LogP contribution is -2.52. The summed E-state index contributed by atoms with van der Waals surface area (Å²) in [5, 5.41) is 5.04. The van der Waals surface area contributed by atoms with Crippen LogP contribution in [0.4, 0.5) is 5.69 Å². The van der Waals surface area contributed by atoms with E-state index in [2.05, 4.69) is 32.6 Å². The van der Waals surface area contributed by atoms with E-state index in [-0.39, 0.29) is 16.8 Å². The van der Waals surface area contributed by atoms with Crippen molar-refractivity contribution in [1.29, 1.82) is 0 Å². The number of hydrogen-bond donors (Lipinski definition) is 1. The minimum atomic E-state index is -3.43. The van der Waals surface area contributed by atoms with Crippen molar-refractivity contribution in [2.24, 2.45) is 0 Å². The molecule has 0 saturated carbocycles. The first-order valence-corrected chi connectivity index (χ1v) is 13.2. The molecule has 0 radical (unpaired) electrons. The first-order chi connectivity index (χ1) is 14.9. The van der Waals surface area contributed by atoms with Crippen LogP contribution in [0.15, 0.2) is 46.7 Å². The van der Waals surface area contributed by atoms with E-state index >= 15 is 0 Å². The van der Waals surface area contributed by atoms with Gasteiger partial charge < -0.3 is 5.32 Å². The first kappa shape index (κ1) is 22.4. The third kappa shape index (κ3) is 5.35. The van der Waals surface area contributed by atoms with Gasteiger partial charge in [-0.25, -0.2) is 8.42 Å². The molecule has 1 aromatic carbocycles. The summed E-state index contributed by atoms with van der Waals surface area (Å²) in [6.07, 6.45) is 1.82. The lowest BCUT2D eigenvalue weighted by atomic mass is 10.2. The molecule has 1 aromatic heterocycles. The largest absolute Gasteiger partial charge is 0.325 e. The summed E-state index contributed by atoms with van der Waals surface area (Å²) >= 11 is 1.78. The number of piperazine rings is 1. The molecule has 0 aliphatic carbocycles. The standard InChI is InChI=1S/C22H30N4O3S2/c1-18(25-14-12-24(13-15-25)17-20-5-4-16-30-20)22(27)23-19-6-8-21(9-7-19)31(28,29)26-10-2-3-11-26/h4-9,16,18H,2-3,10-15,17H2,1H3,(H,23,27). The average Bonchev–Trinajstić information content (AvgIpc) is 3.49. The predicted molar refractivity (Wildman–Crippen MR) is 124 cm³/mol. The molecule has 9 heteroatoms. The molecule has 1 atom stereocenters. The number of rotatable bonds is 7. The Bertz CT molecular complexity index is 963. The van der Waals surface area contributed by atoms with E-state index in [0.717, 1.165) is 45.6 Å². The average molecular weight is 463 g/mol. The Morgan fingerprint density at radius 1 is 1.03 bits per heavy atom. The molecule has 2 aromatic rings. The van der Waals surface area contributed by atoms with Gasteiger partial charge in [0, 0.05) is 56.4 Å². The number of benzene rings is 1. The van der Waals surface area contributed by atoms with Crippen molar-refractivity contribution >= 4 is 33.0 Å². The highest BCUT2D eigenvalue weighted by Gasteiger charge is 2.28. The van der Waals surface area contributed by atoms with Gasteiger partial charge in [-0.05, 0) is 55.5 Å². The maximum absolute atomic E-state index is 12.7. The summed E-state index contributed by atoms with van der Waals surface area (Å²) in [5.41, 5.74) is 0.619. The summed E-state index contributed by atoms with van der Waals surface area (Å²) < 4.78 is 26.8. The Hall–Kier alpha value is -1.78. The summed E-state index contributed by atoms with van der Waals surface area (Å²) in [6, 6.07) is 10.5. The van der Waals surface area contributed by atoms with E-state index in [0.29, 0.717) is 18.8 Å². The van der Waals surface area contributed by atoms with Gasteiger partial charge in [0.2, 0.25) is 15.9 Å². The van der Waals surface area contributed by atoms with Crippen LogP contribution in [0.3, 0.4) is 0 Å². The van der Waals surface area contributed by atoms with Crippen molar-refractivity contribution in [2.45, 2.75) is 37.2 Å². The fourth-order valence-electron chi connectivity index (χ4n) is 4.13. The monoisotopic (exact) mass is 462 g/mol. The highest BCUT2D eigenvalue weighted by molar-refractivity contribution is 7.89. The Balaban J connectivity index is 1.29. The van der Waals surface area contributed by atoms with Crippen LogP contribution in [0.2, 0.25) is 0 Å². The van der Waals surface area contributed by atoms with E-state index in [1.165, 1.54) is 9.18 Å². The van der Waals surface area contributed by atoms with Crippen LogP contribution in [-0.4, -0.2) is 73.7 Å². The lowest BCUT2D eigenvalue weighted by molar-refractivity contribution is -0.121. The number of nitrogens with zero attached hydrogens (tertiary/aromatic N) is 3. The van der Waals surface area contributed by atoms with E-state index in [1.54, 1.807) is 35.6 Å². The van der Waals surface area contributed by atoms with Gasteiger partial charge in [0.05, 0.1) is 10.9 Å². The van der Waals surface area contributed by atoms with Crippen LogP contribution in [-0.2, 0) is 21.4 Å². The molecular weight excluding hydrogens is 432 g/mol. The van der Waals surface area contributed by atoms with Crippen LogP contribution >= 0.6 is 11.3 Å². The highest BCUT2D eigenvalue weighted by Crippen LogP contribution is 2.22. The van der Waals surface area contributed by atoms with Crippen molar-refractivity contribution in [3.05, 3.63) is 46.7 Å². The maximum atomic E-state index is 12.7. The normalized spacial score (nSPS) is 20.0. The van der Waals surface area contributed by atoms with Gasteiger partial charge >= 0.3 is 0 Å². The zero-order valence-corrected chi connectivity index (χ0v) is 19.5. The Kier molecular flexibility index (Phi) is 7.08. The summed E-state index contributed by atoms with van der Waals surface area (Å²) in [7, 11) is -3.43. The fraction of sp³-hybridized carbons (Fsp3) is 0.500. The number of amides is 1. The molecule has 4 rings (SSSR count). The van der Waals surface area contributed by atoms with Crippen molar-refractivity contribution in [2.75, 3.05) is 44.6 Å². The number of hydrogen-bond acceptors (Lipinski definition) is 6. The van der Waals surface area contributed by atoms with Crippen LogP contribution < -0.4 is 5.32 Å². The number of anilines is 1. The summed E-state index contributed by atoms with van der Waals surface area (Å²) in [6.45, 7) is 7.66. The number of carbonyl (C=O) groups excluding carboxylic acids is 1. The van der Waals surface area contributed by atoms with Crippen molar-refractivity contribution in [1.82, 2.24) is 14.1 Å². The third-order valence-electron chi connectivity index (χ3n) is 6.12. The SMILES string of the molecule is CC(C(=O)Nc1ccc(S(=O)(=O)N2CCCC2)cc1)N1CCN(Cc2cccs2)CC1. The molecule has 7 nitrogen and oxygen atoms in total. The van der Waals surface area contributed by atoms with Crippen LogP contribution in [0.1, 0.15) is 24.6 Å². The van der Waals surface area contributed by atoms with Gasteiger partial charge in [-0.2, -0.15) is 4.31 Å². The first-order valence-electron chi connectivity index (χ1n) is 10.8. The quantitative estimate of drug-likeness (QED) is 0.685. The van der Waals surface area contributed by atoms with E-state index < -0.39 is 10.0 Å². The van der Waals surface area contributed by atoms with E-state index in [4.69, 9.17) is 0 Å². The number of thiophene rings is 1. The summed E-state index contributed by atoms with van der Waals surface area (Å²) in [4.78, 5) is 19.0. The number of carbonyl (C=O) groups is 1. The second-order valence-electron chi connectivity index (χ2n) is 8.19. The molecule has 1 N–H and O–H groups in total. The van der Waals surface area contributed by atoms with Crippen LogP contribution in [0.5, 0.6) is 0 Å². The highest BCUT2D eigenvalue weighted by atomic mass is 32.2. The van der Waals surface area contributed by atoms with Crippen LogP contribution in [0.25, 0.3) is 0 Å². The zero-order valence-electron chi connectivity index (χ0n) is 17.9. The van der Waals surface area contributed by atoms with E-state index in [1.807, 2.05) is 6.92 Å². The van der Waals surface area contributed by atoms with Gasteiger partial charge in [0.1, 0.15) is 0 Å². The fourth-order valence-corrected chi connectivity index (χ4v) is 6.40. The number of sulfonamides is 1. The second-order valence-corrected chi connectivity index (χ2v) is 11.2. The minimum Gasteiger partial charge on any atom is -0.325 e. The number of nitrogens with one attached hydrogen (secondary N) is 1. The Morgan fingerprint density at radius 3 is 2.32 bits per heavy atom. The van der Waals surface area contributed by atoms with Crippen molar-refractivity contribution in [3.63, 3.8) is 0 Å². The van der Waals surface area contributed by atoms with Crippen molar-refractivity contribution in [3.8, 4) is 0 Å². The summed E-state index contributed by atoms with van der Waals surface area (Å²) in [5.74, 6) is -0.0677. The smallest absolute Gasteiger partial charge is 0.243 e. The molecule has 0 bridgehead atoms. The van der Waals surface area contributed by atoms with Gasteiger partial charge in [-0.1, -0.05) is 6.07 Å². The molecule has 31 heavy (non-hydrogen) atoms. The predicted octanol–water partition coefficient (Wildman–Crippen LogP) is 2.68. The second kappa shape index (κ2) is 9.79. The maximum Gasteiger partial charge on any atom is 0.243 e. The molecule has 2 saturated heterocycles. The molecule has 1 unspecified atom stereocenters. The van der Waals surface area contributed by atoms with Gasteiger partial charge in [-0.15, -0.1) is 11.3 Å². The molecule has 0 spiro atoms. The molecule has 2 aliphatic rings. The Labute approximate surface area is 188 Å². The topological polar surface area (TPSA) is 73.0 Å². The molecule has 3 heterocycles.